The first-order valence-corrected chi connectivity index (χ1v) is 6.86. The summed E-state index contributed by atoms with van der Waals surface area (Å²) in [6.45, 7) is 4.54. The molecule has 0 radical (unpaired) electrons. The summed E-state index contributed by atoms with van der Waals surface area (Å²) in [7, 11) is 1.81. The van der Waals surface area contributed by atoms with Crippen LogP contribution in [0, 0.1) is 6.92 Å². The number of aryl methyl sites for hydroxylation is 1. The zero-order chi connectivity index (χ0) is 12.7. The molecule has 0 aromatic heterocycles. The third-order valence-corrected chi connectivity index (χ3v) is 4.45. The predicted octanol–water partition coefficient (Wildman–Crippen LogP) is 4.60. The SMILES string of the molecule is CCC1CCc2c1c(OC)c1ccccc1c2C. The van der Waals surface area contributed by atoms with Crippen LogP contribution in [0.4, 0.5) is 0 Å². The molecule has 1 aliphatic carbocycles. The van der Waals surface area contributed by atoms with E-state index in [1.165, 1.54) is 46.7 Å². The molecular weight excluding hydrogens is 220 g/mol. The van der Waals surface area contributed by atoms with Gasteiger partial charge >= 0.3 is 0 Å². The lowest BCUT2D eigenvalue weighted by Crippen LogP contribution is -1.99. The second-order valence-electron chi connectivity index (χ2n) is 5.24. The van der Waals surface area contributed by atoms with Gasteiger partial charge in [-0.05, 0) is 48.6 Å². The normalized spacial score (nSPS) is 18.1. The van der Waals surface area contributed by atoms with Crippen molar-refractivity contribution in [3.8, 4) is 5.75 Å². The molecule has 0 amide bonds. The van der Waals surface area contributed by atoms with E-state index in [1.807, 2.05) is 7.11 Å². The van der Waals surface area contributed by atoms with Crippen molar-refractivity contribution < 1.29 is 4.74 Å². The Labute approximate surface area is 109 Å². The average molecular weight is 240 g/mol. The van der Waals surface area contributed by atoms with Crippen LogP contribution in [0.1, 0.15) is 42.4 Å². The van der Waals surface area contributed by atoms with Crippen LogP contribution in [0.2, 0.25) is 0 Å². The Balaban J connectivity index is 2.41. The maximum Gasteiger partial charge on any atom is 0.130 e. The van der Waals surface area contributed by atoms with Gasteiger partial charge in [0.2, 0.25) is 0 Å². The third kappa shape index (κ3) is 1.46. The van der Waals surface area contributed by atoms with Gasteiger partial charge in [0.05, 0.1) is 7.11 Å². The fraction of sp³-hybridized carbons (Fsp3) is 0.412. The van der Waals surface area contributed by atoms with Crippen molar-refractivity contribution in [2.75, 3.05) is 7.11 Å². The lowest BCUT2D eigenvalue weighted by molar-refractivity contribution is 0.411. The first-order chi connectivity index (χ1) is 8.77. The minimum Gasteiger partial charge on any atom is -0.496 e. The predicted molar refractivity (Wildman–Crippen MR) is 76.6 cm³/mol. The van der Waals surface area contributed by atoms with E-state index in [9.17, 15) is 0 Å². The lowest BCUT2D eigenvalue weighted by atomic mass is 9.91. The molecule has 0 N–H and O–H groups in total. The van der Waals surface area contributed by atoms with Crippen LogP contribution in [0.15, 0.2) is 24.3 Å². The molecule has 0 bridgehead atoms. The van der Waals surface area contributed by atoms with Gasteiger partial charge in [0, 0.05) is 10.9 Å². The number of fused-ring (bicyclic) bond motifs is 2. The van der Waals surface area contributed by atoms with Crippen molar-refractivity contribution in [3.05, 3.63) is 41.0 Å². The summed E-state index contributed by atoms with van der Waals surface area (Å²) in [5.41, 5.74) is 4.48. The van der Waals surface area contributed by atoms with E-state index in [4.69, 9.17) is 4.74 Å². The zero-order valence-electron chi connectivity index (χ0n) is 11.4. The molecule has 1 heteroatoms. The Hall–Kier alpha value is -1.50. The van der Waals surface area contributed by atoms with Crippen molar-refractivity contribution in [1.29, 1.82) is 0 Å². The summed E-state index contributed by atoms with van der Waals surface area (Å²) in [5, 5.41) is 2.63. The molecule has 2 aromatic rings. The van der Waals surface area contributed by atoms with Crippen LogP contribution in [-0.2, 0) is 6.42 Å². The van der Waals surface area contributed by atoms with Gasteiger partial charge in [-0.1, -0.05) is 31.2 Å². The fourth-order valence-corrected chi connectivity index (χ4v) is 3.50. The fourth-order valence-electron chi connectivity index (χ4n) is 3.50. The van der Waals surface area contributed by atoms with Crippen LogP contribution in [0.3, 0.4) is 0 Å². The smallest absolute Gasteiger partial charge is 0.130 e. The van der Waals surface area contributed by atoms with E-state index in [-0.39, 0.29) is 0 Å². The van der Waals surface area contributed by atoms with E-state index in [1.54, 1.807) is 0 Å². The van der Waals surface area contributed by atoms with Gasteiger partial charge in [-0.25, -0.2) is 0 Å². The van der Waals surface area contributed by atoms with Gasteiger partial charge in [0.1, 0.15) is 5.75 Å². The first kappa shape index (κ1) is 11.6. The summed E-state index contributed by atoms with van der Waals surface area (Å²) in [4.78, 5) is 0. The molecule has 2 aromatic carbocycles. The Morgan fingerprint density at radius 3 is 2.61 bits per heavy atom. The molecule has 1 unspecified atom stereocenters. The third-order valence-electron chi connectivity index (χ3n) is 4.45. The highest BCUT2D eigenvalue weighted by atomic mass is 16.5. The number of ether oxygens (including phenoxy) is 1. The maximum absolute atomic E-state index is 5.76. The summed E-state index contributed by atoms with van der Waals surface area (Å²) in [6.07, 6.45) is 3.70. The molecule has 0 saturated heterocycles. The molecule has 94 valence electrons. The second kappa shape index (κ2) is 4.31. The molecule has 0 fully saturated rings. The quantitative estimate of drug-likeness (QED) is 0.745. The molecular formula is C17H20O. The molecule has 1 nitrogen and oxygen atoms in total. The van der Waals surface area contributed by atoms with Crippen molar-refractivity contribution in [3.63, 3.8) is 0 Å². The summed E-state index contributed by atoms with van der Waals surface area (Å²) < 4.78 is 5.76. The Morgan fingerprint density at radius 1 is 1.22 bits per heavy atom. The van der Waals surface area contributed by atoms with E-state index >= 15 is 0 Å². The number of hydrogen-bond donors (Lipinski definition) is 0. The van der Waals surface area contributed by atoms with Crippen LogP contribution in [-0.4, -0.2) is 7.11 Å². The highest BCUT2D eigenvalue weighted by molar-refractivity contribution is 5.94. The van der Waals surface area contributed by atoms with Crippen LogP contribution >= 0.6 is 0 Å². The van der Waals surface area contributed by atoms with Gasteiger partial charge in [-0.2, -0.15) is 0 Å². The maximum atomic E-state index is 5.76. The van der Waals surface area contributed by atoms with Gasteiger partial charge in [0.15, 0.2) is 0 Å². The van der Waals surface area contributed by atoms with Gasteiger partial charge in [-0.15, -0.1) is 0 Å². The van der Waals surface area contributed by atoms with Gasteiger partial charge in [0.25, 0.3) is 0 Å². The largest absolute Gasteiger partial charge is 0.496 e. The minimum absolute atomic E-state index is 0.679. The van der Waals surface area contributed by atoms with Crippen LogP contribution in [0.25, 0.3) is 10.8 Å². The number of hydrogen-bond acceptors (Lipinski definition) is 1. The highest BCUT2D eigenvalue weighted by Gasteiger charge is 2.28. The van der Waals surface area contributed by atoms with E-state index in [0.29, 0.717) is 5.92 Å². The van der Waals surface area contributed by atoms with E-state index in [0.717, 1.165) is 5.75 Å². The topological polar surface area (TPSA) is 9.23 Å². The summed E-state index contributed by atoms with van der Waals surface area (Å²) in [5.74, 6) is 1.80. The van der Waals surface area contributed by atoms with Gasteiger partial charge in [-0.3, -0.25) is 0 Å². The second-order valence-corrected chi connectivity index (χ2v) is 5.24. The zero-order valence-corrected chi connectivity index (χ0v) is 11.4. The Bertz CT molecular complexity index is 598. The first-order valence-electron chi connectivity index (χ1n) is 6.86. The molecule has 1 aliphatic rings. The number of methoxy groups -OCH3 is 1. The van der Waals surface area contributed by atoms with Crippen molar-refractivity contribution in [2.24, 2.45) is 0 Å². The molecule has 3 rings (SSSR count). The summed E-state index contributed by atoms with van der Waals surface area (Å²) >= 11 is 0. The minimum atomic E-state index is 0.679. The Morgan fingerprint density at radius 2 is 1.94 bits per heavy atom. The molecule has 0 spiro atoms. The Kier molecular flexibility index (Phi) is 2.77. The van der Waals surface area contributed by atoms with Crippen LogP contribution in [0.5, 0.6) is 5.75 Å². The van der Waals surface area contributed by atoms with Crippen molar-refractivity contribution >= 4 is 10.8 Å². The number of rotatable bonds is 2. The molecule has 18 heavy (non-hydrogen) atoms. The van der Waals surface area contributed by atoms with Crippen LogP contribution < -0.4 is 4.74 Å². The van der Waals surface area contributed by atoms with Crippen molar-refractivity contribution in [2.45, 2.75) is 39.0 Å². The molecule has 0 saturated carbocycles. The lowest BCUT2D eigenvalue weighted by Gasteiger charge is -2.18. The number of benzene rings is 2. The monoisotopic (exact) mass is 240 g/mol. The van der Waals surface area contributed by atoms with E-state index in [2.05, 4.69) is 38.1 Å². The molecule has 0 heterocycles. The van der Waals surface area contributed by atoms with Crippen molar-refractivity contribution in [1.82, 2.24) is 0 Å². The van der Waals surface area contributed by atoms with E-state index < -0.39 is 0 Å². The molecule has 0 aliphatic heterocycles. The average Bonchev–Trinajstić information content (AvgIpc) is 2.84. The highest BCUT2D eigenvalue weighted by Crippen LogP contribution is 2.46. The molecule has 1 atom stereocenters. The standard InChI is InChI=1S/C17H20O/c1-4-12-9-10-14-11(2)13-7-5-6-8-15(13)17(18-3)16(12)14/h5-8,12H,4,9-10H2,1-3H3. The summed E-state index contributed by atoms with van der Waals surface area (Å²) in [6, 6.07) is 8.62. The van der Waals surface area contributed by atoms with Gasteiger partial charge < -0.3 is 4.74 Å².